The fraction of sp³-hybridized carbons (Fsp3) is 0.882. The average Bonchev–Trinajstić information content (AvgIpc) is 2.82. The van der Waals surface area contributed by atoms with Crippen LogP contribution in [-0.2, 0) is 4.74 Å². The van der Waals surface area contributed by atoms with E-state index in [-0.39, 0.29) is 0 Å². The summed E-state index contributed by atoms with van der Waals surface area (Å²) in [6, 6.07) is 0. The van der Waals surface area contributed by atoms with Gasteiger partial charge in [-0.05, 0) is 45.0 Å². The van der Waals surface area contributed by atoms with Crippen LogP contribution in [0.5, 0.6) is 0 Å². The average molecular weight is 274 g/mol. The van der Waals surface area contributed by atoms with Crippen molar-refractivity contribution in [3.8, 4) is 0 Å². The summed E-state index contributed by atoms with van der Waals surface area (Å²) < 4.78 is 5.67. The first kappa shape index (κ1) is 23.7. The number of hydrogen-bond acceptors (Lipinski definition) is 2. The minimum Gasteiger partial charge on any atom is -0.369 e. The highest BCUT2D eigenvalue weighted by Gasteiger charge is 2.20. The molecule has 2 heteroatoms. The number of nitrogens with zero attached hydrogens (tertiary/aromatic N) is 1. The zero-order chi connectivity index (χ0) is 15.8. The first-order chi connectivity index (χ1) is 9.15. The molecular weight excluding hydrogens is 234 g/mol. The smallest absolute Gasteiger partial charge is 0.0802 e. The molecule has 1 aliphatic heterocycles. The van der Waals surface area contributed by atoms with Crippen LogP contribution in [0.1, 0.15) is 68.7 Å². The van der Waals surface area contributed by atoms with Gasteiger partial charge in [0.25, 0.3) is 0 Å². The molecule has 0 spiro atoms. The van der Waals surface area contributed by atoms with Gasteiger partial charge in [-0.15, -0.1) is 0 Å². The third-order valence-corrected chi connectivity index (χ3v) is 2.97. The molecule has 0 N–H and O–H groups in total. The Morgan fingerprint density at radius 3 is 1.84 bits per heavy atom. The lowest BCUT2D eigenvalue weighted by atomic mass is 10.1. The molecule has 0 aromatic heterocycles. The molecule has 0 aliphatic carbocycles. The van der Waals surface area contributed by atoms with E-state index in [1.807, 2.05) is 41.5 Å². The van der Waals surface area contributed by atoms with E-state index in [2.05, 4.69) is 32.7 Å². The van der Waals surface area contributed by atoms with Gasteiger partial charge < -0.3 is 9.64 Å². The monoisotopic (exact) mass is 273 g/mol. The predicted octanol–water partition coefficient (Wildman–Crippen LogP) is 5.14. The Hall–Kier alpha value is -0.340. The highest BCUT2D eigenvalue weighted by Crippen LogP contribution is 2.22. The fourth-order valence-electron chi connectivity index (χ4n) is 1.53. The van der Waals surface area contributed by atoms with Crippen LogP contribution in [-0.4, -0.2) is 37.7 Å². The minimum atomic E-state index is 0.383. The molecule has 1 aliphatic rings. The molecule has 0 aromatic rings. The van der Waals surface area contributed by atoms with Gasteiger partial charge in [-0.1, -0.05) is 48.5 Å². The Morgan fingerprint density at radius 2 is 1.53 bits per heavy atom. The van der Waals surface area contributed by atoms with Crippen molar-refractivity contribution >= 4 is 0 Å². The topological polar surface area (TPSA) is 12.5 Å². The summed E-state index contributed by atoms with van der Waals surface area (Å²) in [7, 11) is 2.15. The van der Waals surface area contributed by atoms with E-state index >= 15 is 0 Å². The number of ether oxygens (including phenoxy) is 1. The van der Waals surface area contributed by atoms with Gasteiger partial charge in [0, 0.05) is 6.54 Å². The lowest BCUT2D eigenvalue weighted by Gasteiger charge is -2.17. The largest absolute Gasteiger partial charge is 0.369 e. The summed E-state index contributed by atoms with van der Waals surface area (Å²) in [4.78, 5) is 2.32. The molecule has 118 valence electrons. The van der Waals surface area contributed by atoms with Crippen molar-refractivity contribution in [1.82, 2.24) is 4.90 Å². The van der Waals surface area contributed by atoms with E-state index in [0.717, 1.165) is 26.1 Å². The van der Waals surface area contributed by atoms with E-state index in [1.165, 1.54) is 11.1 Å². The first-order valence-corrected chi connectivity index (χ1v) is 8.11. The van der Waals surface area contributed by atoms with Crippen molar-refractivity contribution < 1.29 is 4.74 Å². The quantitative estimate of drug-likeness (QED) is 0.657. The van der Waals surface area contributed by atoms with Crippen LogP contribution in [0.25, 0.3) is 0 Å². The molecule has 0 fully saturated rings. The van der Waals surface area contributed by atoms with Crippen molar-refractivity contribution in [2.45, 2.75) is 74.8 Å². The van der Waals surface area contributed by atoms with Crippen LogP contribution < -0.4 is 0 Å². The summed E-state index contributed by atoms with van der Waals surface area (Å²) in [5.74, 6) is 0. The molecule has 0 aromatic carbocycles. The van der Waals surface area contributed by atoms with Crippen LogP contribution in [0.4, 0.5) is 0 Å². The van der Waals surface area contributed by atoms with Crippen LogP contribution >= 0.6 is 0 Å². The second kappa shape index (κ2) is 17.7. The molecule has 0 amide bonds. The van der Waals surface area contributed by atoms with E-state index in [9.17, 15) is 0 Å². The Labute approximate surface area is 123 Å². The van der Waals surface area contributed by atoms with Crippen molar-refractivity contribution in [2.24, 2.45) is 0 Å². The Balaban J connectivity index is -0.000000375. The predicted molar refractivity (Wildman–Crippen MR) is 89.9 cm³/mol. The summed E-state index contributed by atoms with van der Waals surface area (Å²) in [6.45, 7) is 21.6. The van der Waals surface area contributed by atoms with E-state index in [0.29, 0.717) is 6.10 Å². The molecule has 2 nitrogen and oxygen atoms in total. The second-order valence-electron chi connectivity index (χ2n) is 3.95. The van der Waals surface area contributed by atoms with E-state index in [4.69, 9.17) is 4.74 Å². The van der Waals surface area contributed by atoms with Crippen molar-refractivity contribution in [2.75, 3.05) is 26.7 Å². The zero-order valence-corrected chi connectivity index (χ0v) is 15.3. The summed E-state index contributed by atoms with van der Waals surface area (Å²) >= 11 is 0. The van der Waals surface area contributed by atoms with E-state index < -0.39 is 0 Å². The maximum Gasteiger partial charge on any atom is 0.0802 e. The normalized spacial score (nSPS) is 16.9. The van der Waals surface area contributed by atoms with Gasteiger partial charge in [0.1, 0.15) is 0 Å². The second-order valence-corrected chi connectivity index (χ2v) is 3.95. The Kier molecular flexibility index (Phi) is 22.1. The van der Waals surface area contributed by atoms with Crippen molar-refractivity contribution in [3.05, 3.63) is 11.1 Å². The molecule has 1 rings (SSSR count). The Bertz CT molecular complexity index is 199. The summed E-state index contributed by atoms with van der Waals surface area (Å²) in [5.41, 5.74) is 2.87. The van der Waals surface area contributed by atoms with Crippen LogP contribution in [0.15, 0.2) is 11.1 Å². The molecule has 1 atom stereocenters. The SMILES string of the molecule is CC.CC.CC.CCN(C)CCC1OCC(C)=C1C. The third kappa shape index (κ3) is 11.2. The highest BCUT2D eigenvalue weighted by atomic mass is 16.5. The zero-order valence-electron chi connectivity index (χ0n) is 15.3. The molecule has 0 radical (unpaired) electrons. The first-order valence-electron chi connectivity index (χ1n) is 8.11. The number of rotatable bonds is 4. The van der Waals surface area contributed by atoms with E-state index in [1.54, 1.807) is 0 Å². The van der Waals surface area contributed by atoms with Gasteiger partial charge in [-0.3, -0.25) is 0 Å². The molecule has 0 saturated heterocycles. The van der Waals surface area contributed by atoms with Crippen LogP contribution in [0.2, 0.25) is 0 Å². The van der Waals surface area contributed by atoms with Crippen LogP contribution in [0, 0.1) is 0 Å². The van der Waals surface area contributed by atoms with Gasteiger partial charge in [0.15, 0.2) is 0 Å². The lowest BCUT2D eigenvalue weighted by Crippen LogP contribution is -2.23. The third-order valence-electron chi connectivity index (χ3n) is 2.97. The summed E-state index contributed by atoms with van der Waals surface area (Å²) in [6.07, 6.45) is 1.52. The van der Waals surface area contributed by atoms with Gasteiger partial charge >= 0.3 is 0 Å². The molecule has 19 heavy (non-hydrogen) atoms. The van der Waals surface area contributed by atoms with Crippen molar-refractivity contribution in [1.29, 1.82) is 0 Å². The Morgan fingerprint density at radius 1 is 1.05 bits per heavy atom. The van der Waals surface area contributed by atoms with Gasteiger partial charge in [0.2, 0.25) is 0 Å². The fourth-order valence-corrected chi connectivity index (χ4v) is 1.53. The highest BCUT2D eigenvalue weighted by molar-refractivity contribution is 5.19. The number of hydrogen-bond donors (Lipinski definition) is 0. The maximum atomic E-state index is 5.67. The minimum absolute atomic E-state index is 0.383. The lowest BCUT2D eigenvalue weighted by molar-refractivity contribution is 0.104. The standard InChI is InChI=1S/C11H21NO.3C2H6/c1-5-12(4)7-6-11-10(3)9(2)8-13-11;3*1-2/h11H,5-8H2,1-4H3;3*1-2H3. The maximum absolute atomic E-state index is 5.67. The molecule has 0 bridgehead atoms. The molecule has 0 saturated carbocycles. The molecular formula is C17H39NO. The van der Waals surface area contributed by atoms with Crippen molar-refractivity contribution in [3.63, 3.8) is 0 Å². The van der Waals surface area contributed by atoms with Gasteiger partial charge in [-0.2, -0.15) is 0 Å². The molecule has 1 heterocycles. The van der Waals surface area contributed by atoms with Crippen LogP contribution in [0.3, 0.4) is 0 Å². The van der Waals surface area contributed by atoms with Gasteiger partial charge in [0.05, 0.1) is 12.7 Å². The molecule has 1 unspecified atom stereocenters. The van der Waals surface area contributed by atoms with Gasteiger partial charge in [-0.25, -0.2) is 0 Å². The summed E-state index contributed by atoms with van der Waals surface area (Å²) in [5, 5.41) is 0.